The van der Waals surface area contributed by atoms with Crippen molar-refractivity contribution in [1.29, 1.82) is 0 Å². The zero-order chi connectivity index (χ0) is 16.1. The van der Waals surface area contributed by atoms with Crippen LogP contribution in [0.2, 0.25) is 0 Å². The van der Waals surface area contributed by atoms with E-state index in [2.05, 4.69) is 0 Å². The molecule has 0 aliphatic rings. The molecule has 22 heavy (non-hydrogen) atoms. The summed E-state index contributed by atoms with van der Waals surface area (Å²) in [6.07, 6.45) is 0. The molecule has 0 N–H and O–H groups in total. The summed E-state index contributed by atoms with van der Waals surface area (Å²) in [6, 6.07) is 9.42. The lowest BCUT2D eigenvalue weighted by Gasteiger charge is -2.17. The number of alkyl halides is 1. The summed E-state index contributed by atoms with van der Waals surface area (Å²) in [6.45, 7) is 4.92. The van der Waals surface area contributed by atoms with Gasteiger partial charge in [0.2, 0.25) is 0 Å². The quantitative estimate of drug-likeness (QED) is 0.760. The zero-order valence-corrected chi connectivity index (χ0v) is 13.8. The predicted molar refractivity (Wildman–Crippen MR) is 86.6 cm³/mol. The number of aryl methyl sites for hydroxylation is 2. The summed E-state index contributed by atoms with van der Waals surface area (Å²) >= 11 is 5.66. The molecule has 0 aliphatic carbocycles. The van der Waals surface area contributed by atoms with E-state index in [1.165, 1.54) is 0 Å². The van der Waals surface area contributed by atoms with Crippen LogP contribution in [0.25, 0.3) is 0 Å². The highest BCUT2D eigenvalue weighted by Crippen LogP contribution is 2.19. The fourth-order valence-electron chi connectivity index (χ4n) is 2.01. The van der Waals surface area contributed by atoms with Crippen LogP contribution in [0.3, 0.4) is 0 Å². The lowest BCUT2D eigenvalue weighted by atomic mass is 10.1. The van der Waals surface area contributed by atoms with E-state index < -0.39 is 0 Å². The number of rotatable bonds is 6. The summed E-state index contributed by atoms with van der Waals surface area (Å²) in [7, 11) is 1.72. The number of hydrogen-bond donors (Lipinski definition) is 0. The van der Waals surface area contributed by atoms with E-state index in [4.69, 9.17) is 20.8 Å². The molecule has 1 heterocycles. The van der Waals surface area contributed by atoms with Crippen molar-refractivity contribution in [3.05, 3.63) is 53.0 Å². The van der Waals surface area contributed by atoms with Gasteiger partial charge in [-0.25, -0.2) is 0 Å². The van der Waals surface area contributed by atoms with Crippen LogP contribution in [0.5, 0.6) is 5.75 Å². The van der Waals surface area contributed by atoms with Crippen LogP contribution in [0.1, 0.15) is 27.4 Å². The molecule has 0 fully saturated rings. The third kappa shape index (κ3) is 4.04. The molecule has 1 amide bonds. The molecule has 0 atom stereocenters. The van der Waals surface area contributed by atoms with Gasteiger partial charge in [0.05, 0.1) is 12.4 Å². The highest BCUT2D eigenvalue weighted by Gasteiger charge is 2.15. The third-order valence-electron chi connectivity index (χ3n) is 3.38. The molecule has 0 unspecified atom stereocenters. The number of amides is 1. The first-order chi connectivity index (χ1) is 10.5. The van der Waals surface area contributed by atoms with Gasteiger partial charge in [-0.1, -0.05) is 12.1 Å². The van der Waals surface area contributed by atoms with E-state index in [1.54, 1.807) is 24.1 Å². The number of furan rings is 1. The molecule has 0 aliphatic heterocycles. The second-order valence-electron chi connectivity index (χ2n) is 5.24. The van der Waals surface area contributed by atoms with Crippen LogP contribution in [0.15, 0.2) is 34.7 Å². The fraction of sp³-hybridized carbons (Fsp3) is 0.353. The lowest BCUT2D eigenvalue weighted by Crippen LogP contribution is -2.30. The van der Waals surface area contributed by atoms with Gasteiger partial charge in [-0.15, -0.1) is 11.6 Å². The highest BCUT2D eigenvalue weighted by molar-refractivity contribution is 6.16. The minimum atomic E-state index is -0.180. The van der Waals surface area contributed by atoms with Gasteiger partial charge in [-0.3, -0.25) is 4.79 Å². The van der Waals surface area contributed by atoms with Crippen molar-refractivity contribution in [2.75, 3.05) is 20.2 Å². The first-order valence-electron chi connectivity index (χ1n) is 7.11. The van der Waals surface area contributed by atoms with E-state index in [1.807, 2.05) is 32.0 Å². The smallest absolute Gasteiger partial charge is 0.289 e. The van der Waals surface area contributed by atoms with Gasteiger partial charge in [0.15, 0.2) is 5.76 Å². The number of likely N-dealkylation sites (N-methyl/N-ethyl adjacent to an activating group) is 1. The Hall–Kier alpha value is -1.94. The molecule has 1 aromatic carbocycles. The Morgan fingerprint density at radius 2 is 2.05 bits per heavy atom. The first-order valence-corrected chi connectivity index (χ1v) is 7.65. The molecule has 5 heteroatoms. The van der Waals surface area contributed by atoms with Crippen LogP contribution in [0.4, 0.5) is 0 Å². The molecule has 0 radical (unpaired) electrons. The van der Waals surface area contributed by atoms with Crippen molar-refractivity contribution in [2.24, 2.45) is 0 Å². The summed E-state index contributed by atoms with van der Waals surface area (Å²) < 4.78 is 11.1. The van der Waals surface area contributed by atoms with Crippen LogP contribution >= 0.6 is 11.6 Å². The zero-order valence-electron chi connectivity index (χ0n) is 13.1. The molecule has 0 bridgehead atoms. The minimum Gasteiger partial charge on any atom is -0.491 e. The average Bonchev–Trinajstić information content (AvgIpc) is 2.98. The Labute approximate surface area is 135 Å². The standard InChI is InChI=1S/C17H20ClNO3/c1-12-4-5-13(2)16(10-12)21-9-8-19(3)17(20)15-7-6-14(11-18)22-15/h4-7,10H,8-9,11H2,1-3H3. The Morgan fingerprint density at radius 3 is 2.73 bits per heavy atom. The van der Waals surface area contributed by atoms with E-state index in [0.29, 0.717) is 24.7 Å². The molecular formula is C17H20ClNO3. The fourth-order valence-corrected chi connectivity index (χ4v) is 2.15. The summed E-state index contributed by atoms with van der Waals surface area (Å²) in [5.74, 6) is 1.81. The predicted octanol–water partition coefficient (Wildman–Crippen LogP) is 3.79. The van der Waals surface area contributed by atoms with Crippen LogP contribution < -0.4 is 4.74 Å². The monoisotopic (exact) mass is 321 g/mol. The highest BCUT2D eigenvalue weighted by atomic mass is 35.5. The van der Waals surface area contributed by atoms with Gasteiger partial charge < -0.3 is 14.1 Å². The number of halogens is 1. The van der Waals surface area contributed by atoms with Crippen LogP contribution in [0, 0.1) is 13.8 Å². The van der Waals surface area contributed by atoms with Gasteiger partial charge in [-0.2, -0.15) is 0 Å². The minimum absolute atomic E-state index is 0.180. The number of nitrogens with zero attached hydrogens (tertiary/aromatic N) is 1. The van der Waals surface area contributed by atoms with Crippen molar-refractivity contribution in [1.82, 2.24) is 4.90 Å². The van der Waals surface area contributed by atoms with Crippen molar-refractivity contribution >= 4 is 17.5 Å². The summed E-state index contributed by atoms with van der Waals surface area (Å²) in [5, 5.41) is 0. The topological polar surface area (TPSA) is 42.7 Å². The molecule has 1 aromatic heterocycles. The van der Waals surface area contributed by atoms with Crippen molar-refractivity contribution in [2.45, 2.75) is 19.7 Å². The van der Waals surface area contributed by atoms with Crippen molar-refractivity contribution < 1.29 is 13.9 Å². The van der Waals surface area contributed by atoms with Crippen LogP contribution in [-0.4, -0.2) is 31.0 Å². The SMILES string of the molecule is Cc1ccc(C)c(OCCN(C)C(=O)c2ccc(CCl)o2)c1. The summed E-state index contributed by atoms with van der Waals surface area (Å²) in [4.78, 5) is 13.7. The maximum Gasteiger partial charge on any atom is 0.289 e. The molecule has 0 spiro atoms. The van der Waals surface area contributed by atoms with E-state index in [0.717, 1.165) is 16.9 Å². The number of benzene rings is 1. The van der Waals surface area contributed by atoms with Gasteiger partial charge in [0.1, 0.15) is 18.1 Å². The lowest BCUT2D eigenvalue weighted by molar-refractivity contribution is 0.0741. The van der Waals surface area contributed by atoms with E-state index in [9.17, 15) is 4.79 Å². The summed E-state index contributed by atoms with van der Waals surface area (Å²) in [5.41, 5.74) is 2.23. The van der Waals surface area contributed by atoms with Gasteiger partial charge in [-0.05, 0) is 43.2 Å². The molecule has 118 valence electrons. The average molecular weight is 322 g/mol. The Balaban J connectivity index is 1.88. The van der Waals surface area contributed by atoms with Crippen LogP contribution in [-0.2, 0) is 5.88 Å². The Bertz CT molecular complexity index is 651. The number of hydrogen-bond acceptors (Lipinski definition) is 3. The molecule has 0 saturated heterocycles. The molecule has 0 saturated carbocycles. The number of carbonyl (C=O) groups excluding carboxylic acids is 1. The van der Waals surface area contributed by atoms with Gasteiger partial charge in [0.25, 0.3) is 5.91 Å². The van der Waals surface area contributed by atoms with E-state index in [-0.39, 0.29) is 11.8 Å². The molecule has 4 nitrogen and oxygen atoms in total. The van der Waals surface area contributed by atoms with E-state index >= 15 is 0 Å². The maximum atomic E-state index is 12.2. The second kappa shape index (κ2) is 7.36. The third-order valence-corrected chi connectivity index (χ3v) is 3.64. The van der Waals surface area contributed by atoms with Gasteiger partial charge in [0, 0.05) is 7.05 Å². The molecular weight excluding hydrogens is 302 g/mol. The Morgan fingerprint density at radius 1 is 1.27 bits per heavy atom. The molecule has 2 aromatic rings. The maximum absolute atomic E-state index is 12.2. The second-order valence-corrected chi connectivity index (χ2v) is 5.51. The number of carbonyl (C=O) groups is 1. The first kappa shape index (κ1) is 16.4. The van der Waals surface area contributed by atoms with Gasteiger partial charge >= 0.3 is 0 Å². The number of ether oxygens (including phenoxy) is 1. The largest absolute Gasteiger partial charge is 0.491 e. The van der Waals surface area contributed by atoms with Crippen molar-refractivity contribution in [3.8, 4) is 5.75 Å². The Kier molecular flexibility index (Phi) is 5.50. The van der Waals surface area contributed by atoms with Crippen molar-refractivity contribution in [3.63, 3.8) is 0 Å². The molecule has 2 rings (SSSR count). The normalized spacial score (nSPS) is 10.5.